The highest BCUT2D eigenvalue weighted by molar-refractivity contribution is 5.65. The van der Waals surface area contributed by atoms with E-state index in [2.05, 4.69) is 5.32 Å². The van der Waals surface area contributed by atoms with Crippen LogP contribution in [0.5, 0.6) is 5.75 Å². The normalized spacial score (nSPS) is 16.7. The second kappa shape index (κ2) is 7.85. The predicted molar refractivity (Wildman–Crippen MR) is 83.3 cm³/mol. The van der Waals surface area contributed by atoms with Crippen LogP contribution in [0.1, 0.15) is 12.8 Å². The molecule has 1 heterocycles. The Balaban J connectivity index is 1.96. The zero-order valence-electron chi connectivity index (χ0n) is 13.6. The van der Waals surface area contributed by atoms with E-state index in [1.807, 2.05) is 0 Å². The minimum Gasteiger partial charge on any atom is -0.497 e. The van der Waals surface area contributed by atoms with Crippen LogP contribution in [-0.4, -0.2) is 49.3 Å². The number of anilines is 1. The molecule has 1 aliphatic rings. The monoisotopic (exact) mass is 365 g/mol. The first-order chi connectivity index (χ1) is 11.7. The summed E-state index contributed by atoms with van der Waals surface area (Å²) in [6.45, 7) is -0.00609. The van der Waals surface area contributed by atoms with Crippen molar-refractivity contribution in [2.45, 2.75) is 19.0 Å². The van der Waals surface area contributed by atoms with E-state index in [4.69, 9.17) is 4.74 Å². The molecule has 1 aromatic carbocycles. The number of nitro groups is 1. The molecule has 0 aromatic heterocycles. The van der Waals surface area contributed by atoms with Gasteiger partial charge in [0.1, 0.15) is 11.4 Å². The number of likely N-dealkylation sites (tertiary alicyclic amines) is 1. The number of methoxy groups -OCH3 is 1. The molecule has 1 aromatic rings. The molecule has 0 aliphatic carbocycles. The van der Waals surface area contributed by atoms with Crippen LogP contribution in [0.3, 0.4) is 0 Å². The number of nitrogens with zero attached hydrogens (tertiary/aromatic N) is 2. The summed E-state index contributed by atoms with van der Waals surface area (Å²) in [4.78, 5) is 11.6. The van der Waals surface area contributed by atoms with Crippen molar-refractivity contribution in [1.82, 2.24) is 4.90 Å². The Morgan fingerprint density at radius 3 is 2.52 bits per heavy atom. The number of hydrogen-bond acceptors (Lipinski definition) is 5. The van der Waals surface area contributed by atoms with E-state index in [-0.39, 0.29) is 17.4 Å². The molecule has 1 fully saturated rings. The van der Waals surface area contributed by atoms with Crippen molar-refractivity contribution < 1.29 is 27.2 Å². The molecule has 0 amide bonds. The lowest BCUT2D eigenvalue weighted by atomic mass is 9.96. The van der Waals surface area contributed by atoms with Crippen LogP contribution >= 0.6 is 0 Å². The lowest BCUT2D eigenvalue weighted by molar-refractivity contribution is -0.386. The number of nitro benzene ring substituents is 1. The van der Waals surface area contributed by atoms with Crippen LogP contribution in [0.25, 0.3) is 0 Å². The largest absolute Gasteiger partial charge is 0.497 e. The summed E-state index contributed by atoms with van der Waals surface area (Å²) in [7, 11) is 1.32. The maximum atomic E-state index is 13.8. The lowest BCUT2D eigenvalue weighted by Crippen LogP contribution is -2.41. The number of ether oxygens (including phenoxy) is 1. The van der Waals surface area contributed by atoms with Crippen molar-refractivity contribution in [3.05, 3.63) is 28.1 Å². The van der Waals surface area contributed by atoms with E-state index in [1.165, 1.54) is 18.1 Å². The zero-order valence-corrected chi connectivity index (χ0v) is 13.6. The predicted octanol–water partition coefficient (Wildman–Crippen LogP) is 3.43. The summed E-state index contributed by atoms with van der Waals surface area (Å²) >= 11 is 0. The molecule has 10 heteroatoms. The van der Waals surface area contributed by atoms with Gasteiger partial charge in [-0.3, -0.25) is 15.0 Å². The molecule has 6 nitrogen and oxygen atoms in total. The van der Waals surface area contributed by atoms with E-state index in [1.54, 1.807) is 0 Å². The van der Waals surface area contributed by atoms with E-state index < -0.39 is 29.1 Å². The van der Waals surface area contributed by atoms with Crippen molar-refractivity contribution in [2.75, 3.05) is 38.6 Å². The van der Waals surface area contributed by atoms with Gasteiger partial charge >= 0.3 is 11.9 Å². The summed E-state index contributed by atoms with van der Waals surface area (Å²) in [5.74, 6) is -0.809. The van der Waals surface area contributed by atoms with Crippen LogP contribution in [0.15, 0.2) is 12.1 Å². The number of rotatable bonds is 6. The van der Waals surface area contributed by atoms with Gasteiger partial charge in [-0.15, -0.1) is 0 Å². The molecule has 0 unspecified atom stereocenters. The third-order valence-electron chi connectivity index (χ3n) is 4.15. The van der Waals surface area contributed by atoms with Gasteiger partial charge in [0.2, 0.25) is 5.82 Å². The number of halogens is 4. The van der Waals surface area contributed by atoms with Gasteiger partial charge in [-0.1, -0.05) is 0 Å². The van der Waals surface area contributed by atoms with Crippen LogP contribution < -0.4 is 10.1 Å². The van der Waals surface area contributed by atoms with Crippen molar-refractivity contribution in [1.29, 1.82) is 0 Å². The summed E-state index contributed by atoms with van der Waals surface area (Å²) in [5.41, 5.74) is -0.671. The average molecular weight is 365 g/mol. The number of nitrogens with one attached hydrogen (secondary N) is 1. The smallest absolute Gasteiger partial charge is 0.401 e. The topological polar surface area (TPSA) is 67.6 Å². The van der Waals surface area contributed by atoms with Gasteiger partial charge in [0, 0.05) is 18.7 Å². The molecule has 0 bridgehead atoms. The quantitative estimate of drug-likeness (QED) is 0.475. The van der Waals surface area contributed by atoms with Gasteiger partial charge in [0.05, 0.1) is 18.6 Å². The van der Waals surface area contributed by atoms with E-state index in [0.717, 1.165) is 6.07 Å². The van der Waals surface area contributed by atoms with Crippen LogP contribution in [0, 0.1) is 21.8 Å². The molecule has 0 spiro atoms. The summed E-state index contributed by atoms with van der Waals surface area (Å²) in [5, 5.41) is 13.9. The van der Waals surface area contributed by atoms with Crippen LogP contribution in [0.2, 0.25) is 0 Å². The molecule has 0 saturated carbocycles. The van der Waals surface area contributed by atoms with Gasteiger partial charge in [-0.2, -0.15) is 17.6 Å². The van der Waals surface area contributed by atoms with Crippen molar-refractivity contribution in [3.8, 4) is 5.75 Å². The third-order valence-corrected chi connectivity index (χ3v) is 4.15. The maximum Gasteiger partial charge on any atom is 0.401 e. The molecular formula is C15H19F4N3O3. The van der Waals surface area contributed by atoms with Crippen molar-refractivity contribution in [2.24, 2.45) is 5.92 Å². The van der Waals surface area contributed by atoms with Gasteiger partial charge in [-0.05, 0) is 31.8 Å². The maximum absolute atomic E-state index is 13.8. The molecular weight excluding hydrogens is 346 g/mol. The molecule has 0 atom stereocenters. The van der Waals surface area contributed by atoms with Crippen LogP contribution in [-0.2, 0) is 0 Å². The van der Waals surface area contributed by atoms with Gasteiger partial charge in [-0.25, -0.2) is 0 Å². The SMILES string of the molecule is COc1cc(F)c([N+](=O)[O-])c(NCC2CCN(CC(F)(F)F)CC2)c1. The minimum absolute atomic E-state index is 0.000397. The summed E-state index contributed by atoms with van der Waals surface area (Å²) in [6, 6.07) is 2.26. The number of benzene rings is 1. The molecule has 1 saturated heterocycles. The molecule has 25 heavy (non-hydrogen) atoms. The fourth-order valence-corrected chi connectivity index (χ4v) is 2.87. The molecule has 1 aliphatic heterocycles. The van der Waals surface area contributed by atoms with Crippen molar-refractivity contribution >= 4 is 11.4 Å². The van der Waals surface area contributed by atoms with Crippen molar-refractivity contribution in [3.63, 3.8) is 0 Å². The number of hydrogen-bond donors (Lipinski definition) is 1. The first-order valence-electron chi connectivity index (χ1n) is 7.74. The van der Waals surface area contributed by atoms with E-state index in [9.17, 15) is 27.7 Å². The second-order valence-electron chi connectivity index (χ2n) is 5.98. The van der Waals surface area contributed by atoms with Gasteiger partial charge in [0.25, 0.3) is 0 Å². The van der Waals surface area contributed by atoms with Gasteiger partial charge < -0.3 is 10.1 Å². The summed E-state index contributed by atoms with van der Waals surface area (Å²) in [6.07, 6.45) is -3.16. The Morgan fingerprint density at radius 2 is 2.00 bits per heavy atom. The summed E-state index contributed by atoms with van der Waals surface area (Å²) < 4.78 is 55.9. The first-order valence-corrected chi connectivity index (χ1v) is 7.74. The Labute approximate surface area is 141 Å². The molecule has 140 valence electrons. The fourth-order valence-electron chi connectivity index (χ4n) is 2.87. The Hall–Kier alpha value is -2.10. The van der Waals surface area contributed by atoms with Gasteiger partial charge in [0.15, 0.2) is 0 Å². The highest BCUT2D eigenvalue weighted by Crippen LogP contribution is 2.33. The third kappa shape index (κ3) is 5.45. The number of alkyl halides is 3. The fraction of sp³-hybridized carbons (Fsp3) is 0.600. The first kappa shape index (κ1) is 19.2. The van der Waals surface area contributed by atoms with E-state index >= 15 is 0 Å². The molecule has 0 radical (unpaired) electrons. The lowest BCUT2D eigenvalue weighted by Gasteiger charge is -2.32. The highest BCUT2D eigenvalue weighted by atomic mass is 19.4. The standard InChI is InChI=1S/C15H19F4N3O3/c1-25-11-6-12(16)14(22(23)24)13(7-11)20-8-10-2-4-21(5-3-10)9-15(17,18)19/h6-7,10,20H,2-5,8-9H2,1H3. The molecule has 1 N–H and O–H groups in total. The second-order valence-corrected chi connectivity index (χ2v) is 5.98. The Morgan fingerprint density at radius 1 is 1.36 bits per heavy atom. The Kier molecular flexibility index (Phi) is 6.04. The minimum atomic E-state index is -4.22. The Bertz CT molecular complexity index is 617. The number of piperidine rings is 1. The van der Waals surface area contributed by atoms with E-state index in [0.29, 0.717) is 32.5 Å². The highest BCUT2D eigenvalue weighted by Gasteiger charge is 2.32. The van der Waals surface area contributed by atoms with Crippen LogP contribution in [0.4, 0.5) is 28.9 Å². The molecule has 2 rings (SSSR count). The zero-order chi connectivity index (χ0) is 18.6. The average Bonchev–Trinajstić information content (AvgIpc) is 2.51.